The number of hydrogen-bond donors (Lipinski definition) is 1. The van der Waals surface area contributed by atoms with Crippen molar-refractivity contribution in [3.8, 4) is 11.5 Å². The van der Waals surface area contributed by atoms with E-state index in [-0.39, 0.29) is 17.3 Å². The molecule has 0 fully saturated rings. The molecule has 0 saturated heterocycles. The summed E-state index contributed by atoms with van der Waals surface area (Å²) >= 11 is 8.92. The summed E-state index contributed by atoms with van der Waals surface area (Å²) in [6.07, 6.45) is 1.63. The second-order valence-electron chi connectivity index (χ2n) is 7.67. The van der Waals surface area contributed by atoms with E-state index >= 15 is 0 Å². The minimum absolute atomic E-state index is 0.0108. The predicted octanol–water partition coefficient (Wildman–Crippen LogP) is 5.79. The van der Waals surface area contributed by atoms with Crippen LogP contribution in [0, 0.1) is 11.3 Å². The molecule has 0 aromatic heterocycles. The summed E-state index contributed by atoms with van der Waals surface area (Å²) in [6, 6.07) is 13.1. The molecule has 2 aliphatic heterocycles. The summed E-state index contributed by atoms with van der Waals surface area (Å²) < 4.78 is 11.4. The van der Waals surface area contributed by atoms with E-state index in [4.69, 9.17) is 26.5 Å². The monoisotopic (exact) mass is 514 g/mol. The second kappa shape index (κ2) is 10.7. The van der Waals surface area contributed by atoms with Gasteiger partial charge in [-0.2, -0.15) is 15.1 Å². The maximum atomic E-state index is 12.6. The number of fused-ring (bicyclic) bond motifs is 1. The lowest BCUT2D eigenvalue weighted by Gasteiger charge is -2.20. The van der Waals surface area contributed by atoms with Gasteiger partial charge in [-0.15, -0.1) is 11.8 Å². The van der Waals surface area contributed by atoms with Gasteiger partial charge in [-0.1, -0.05) is 31.5 Å². The zero-order valence-electron chi connectivity index (χ0n) is 18.9. The fourth-order valence-corrected chi connectivity index (χ4v) is 4.89. The first kappa shape index (κ1) is 24.4. The zero-order chi connectivity index (χ0) is 24.2. The molecule has 7 nitrogen and oxygen atoms in total. The third kappa shape index (κ3) is 5.48. The standard InChI is InChI=1S/C24H23ClN4O3S2/c1-14(2)23-28-29-21(26)18(22(30)27-24(29)34-23)12-15-4-9-19(20(13-15)31-3)32-10-11-33-17-7-5-16(25)6-8-17/h4-9,12-14,26H,10-11H2,1-3H3. The van der Waals surface area contributed by atoms with Crippen molar-refractivity contribution in [2.24, 2.45) is 16.0 Å². The molecule has 34 heavy (non-hydrogen) atoms. The van der Waals surface area contributed by atoms with Gasteiger partial charge in [0.1, 0.15) is 5.04 Å². The lowest BCUT2D eigenvalue weighted by molar-refractivity contribution is -0.114. The quantitative estimate of drug-likeness (QED) is 0.272. The molecule has 0 radical (unpaired) electrons. The Morgan fingerprint density at radius 3 is 2.68 bits per heavy atom. The fraction of sp³-hybridized carbons (Fsp3) is 0.250. The highest BCUT2D eigenvalue weighted by Gasteiger charge is 2.36. The SMILES string of the molecule is COc1cc(C=C2C(=N)N3N=C(C(C)C)SC3=NC2=O)ccc1OCCSc1ccc(Cl)cc1. The Morgan fingerprint density at radius 1 is 1.21 bits per heavy atom. The fourth-order valence-electron chi connectivity index (χ4n) is 3.14. The van der Waals surface area contributed by atoms with Crippen LogP contribution in [-0.2, 0) is 4.79 Å². The average Bonchev–Trinajstić information content (AvgIpc) is 3.25. The highest BCUT2D eigenvalue weighted by atomic mass is 35.5. The Labute approximate surface area is 211 Å². The van der Waals surface area contributed by atoms with Crippen LogP contribution in [0.25, 0.3) is 6.08 Å². The number of nitrogens with one attached hydrogen (secondary N) is 1. The van der Waals surface area contributed by atoms with Crippen LogP contribution >= 0.6 is 35.1 Å². The van der Waals surface area contributed by atoms with Gasteiger partial charge in [0.25, 0.3) is 5.91 Å². The van der Waals surface area contributed by atoms with Crippen molar-refractivity contribution in [2.75, 3.05) is 19.5 Å². The van der Waals surface area contributed by atoms with Crippen molar-refractivity contribution in [1.82, 2.24) is 5.01 Å². The molecule has 176 valence electrons. The van der Waals surface area contributed by atoms with Crippen molar-refractivity contribution in [3.05, 3.63) is 58.6 Å². The first-order valence-corrected chi connectivity index (χ1v) is 12.7. The molecule has 0 saturated carbocycles. The van der Waals surface area contributed by atoms with Crippen molar-refractivity contribution < 1.29 is 14.3 Å². The average molecular weight is 515 g/mol. The van der Waals surface area contributed by atoms with E-state index in [2.05, 4.69) is 10.1 Å². The van der Waals surface area contributed by atoms with Crippen molar-refractivity contribution in [3.63, 3.8) is 0 Å². The number of rotatable bonds is 8. The molecule has 0 aliphatic carbocycles. The molecule has 2 aromatic carbocycles. The summed E-state index contributed by atoms with van der Waals surface area (Å²) in [6.45, 7) is 4.52. The van der Waals surface area contributed by atoms with Gasteiger partial charge in [0, 0.05) is 21.6 Å². The molecule has 1 amide bonds. The van der Waals surface area contributed by atoms with E-state index < -0.39 is 5.91 Å². The van der Waals surface area contributed by atoms with E-state index in [1.807, 2.05) is 44.2 Å². The van der Waals surface area contributed by atoms with Crippen LogP contribution in [0.5, 0.6) is 11.5 Å². The summed E-state index contributed by atoms with van der Waals surface area (Å²) in [4.78, 5) is 17.8. The van der Waals surface area contributed by atoms with Gasteiger partial charge >= 0.3 is 0 Å². The molecule has 2 aliphatic rings. The van der Waals surface area contributed by atoms with Crippen molar-refractivity contribution in [1.29, 1.82) is 5.41 Å². The summed E-state index contributed by atoms with van der Waals surface area (Å²) in [5.41, 5.74) is 0.875. The summed E-state index contributed by atoms with van der Waals surface area (Å²) in [7, 11) is 1.57. The minimum Gasteiger partial charge on any atom is -0.493 e. The molecule has 10 heteroatoms. The third-order valence-electron chi connectivity index (χ3n) is 4.89. The Balaban J connectivity index is 1.44. The van der Waals surface area contributed by atoms with Crippen LogP contribution in [0.3, 0.4) is 0 Å². The van der Waals surface area contributed by atoms with Crippen LogP contribution in [-0.4, -0.2) is 46.4 Å². The molecule has 0 spiro atoms. The molecular formula is C24H23ClN4O3S2. The highest BCUT2D eigenvalue weighted by molar-refractivity contribution is 8.27. The van der Waals surface area contributed by atoms with E-state index in [0.29, 0.717) is 33.9 Å². The number of nitrogens with zero attached hydrogens (tertiary/aromatic N) is 3. The van der Waals surface area contributed by atoms with Gasteiger partial charge in [-0.3, -0.25) is 10.2 Å². The Morgan fingerprint density at radius 2 is 1.97 bits per heavy atom. The Bertz CT molecular complexity index is 1210. The number of amides is 1. The number of halogens is 1. The van der Waals surface area contributed by atoms with Gasteiger partial charge in [-0.05, 0) is 59.8 Å². The topological polar surface area (TPSA) is 87.3 Å². The number of carbonyl (C=O) groups is 1. The normalized spacial score (nSPS) is 16.6. The lowest BCUT2D eigenvalue weighted by Crippen LogP contribution is -2.35. The van der Waals surface area contributed by atoms with Crippen molar-refractivity contribution in [2.45, 2.75) is 18.7 Å². The van der Waals surface area contributed by atoms with E-state index in [1.165, 1.54) is 16.8 Å². The maximum absolute atomic E-state index is 12.6. The molecule has 0 atom stereocenters. The first-order valence-electron chi connectivity index (χ1n) is 10.5. The summed E-state index contributed by atoms with van der Waals surface area (Å²) in [5.74, 6) is 1.65. The number of aliphatic imine (C=N–C) groups is 1. The number of carbonyl (C=O) groups excluding carboxylic acids is 1. The lowest BCUT2D eigenvalue weighted by atomic mass is 10.1. The van der Waals surface area contributed by atoms with Crippen LogP contribution < -0.4 is 9.47 Å². The summed E-state index contributed by atoms with van der Waals surface area (Å²) in [5, 5.41) is 16.3. The molecule has 4 rings (SSSR count). The second-order valence-corrected chi connectivity index (χ2v) is 10.3. The molecule has 2 heterocycles. The van der Waals surface area contributed by atoms with E-state index in [0.717, 1.165) is 15.7 Å². The van der Waals surface area contributed by atoms with Crippen LogP contribution in [0.2, 0.25) is 5.02 Å². The van der Waals surface area contributed by atoms with E-state index in [9.17, 15) is 4.79 Å². The highest BCUT2D eigenvalue weighted by Crippen LogP contribution is 2.33. The number of methoxy groups -OCH3 is 1. The molecule has 0 bridgehead atoms. The molecular weight excluding hydrogens is 492 g/mol. The van der Waals surface area contributed by atoms with Gasteiger partial charge in [0.05, 0.1) is 19.3 Å². The predicted molar refractivity (Wildman–Crippen MR) is 141 cm³/mol. The van der Waals surface area contributed by atoms with Crippen LogP contribution in [0.4, 0.5) is 0 Å². The zero-order valence-corrected chi connectivity index (χ0v) is 21.3. The molecule has 0 unspecified atom stereocenters. The number of benzene rings is 2. The van der Waals surface area contributed by atoms with Gasteiger partial charge in [0.2, 0.25) is 5.17 Å². The van der Waals surface area contributed by atoms with Gasteiger partial charge < -0.3 is 9.47 Å². The number of thioether (sulfide) groups is 2. The number of ether oxygens (including phenoxy) is 2. The van der Waals surface area contributed by atoms with Crippen LogP contribution in [0.15, 0.2) is 63.0 Å². The number of hydrazone groups is 1. The third-order valence-corrected chi connectivity index (χ3v) is 7.32. The van der Waals surface area contributed by atoms with Crippen molar-refractivity contribution >= 4 is 63.2 Å². The van der Waals surface area contributed by atoms with Gasteiger partial charge in [0.15, 0.2) is 17.3 Å². The first-order chi connectivity index (χ1) is 16.4. The van der Waals surface area contributed by atoms with Crippen LogP contribution in [0.1, 0.15) is 19.4 Å². The molecule has 2 aromatic rings. The Hall–Kier alpha value is -2.75. The largest absolute Gasteiger partial charge is 0.493 e. The number of hydrogen-bond acceptors (Lipinski definition) is 7. The smallest absolute Gasteiger partial charge is 0.283 e. The Kier molecular flexibility index (Phi) is 7.65. The van der Waals surface area contributed by atoms with E-state index in [1.54, 1.807) is 37.1 Å². The maximum Gasteiger partial charge on any atom is 0.283 e. The van der Waals surface area contributed by atoms with Gasteiger partial charge in [-0.25, -0.2) is 0 Å². The molecule has 1 N–H and O–H groups in total. The minimum atomic E-state index is -0.456. The number of amidine groups is 2.